The van der Waals surface area contributed by atoms with Gasteiger partial charge in [-0.2, -0.15) is 0 Å². The van der Waals surface area contributed by atoms with Crippen molar-refractivity contribution in [1.82, 2.24) is 5.32 Å². The second-order valence-electron chi connectivity index (χ2n) is 5.80. The minimum Gasteiger partial charge on any atom is -0.399 e. The van der Waals surface area contributed by atoms with Crippen molar-refractivity contribution in [3.05, 3.63) is 40.4 Å². The Labute approximate surface area is 149 Å². The Kier molecular flexibility index (Phi) is 4.46. The van der Waals surface area contributed by atoms with Crippen molar-refractivity contribution in [2.75, 3.05) is 11.4 Å². The van der Waals surface area contributed by atoms with E-state index in [4.69, 9.17) is 32.7 Å². The van der Waals surface area contributed by atoms with E-state index in [2.05, 4.69) is 5.32 Å². The molecule has 1 N–H and O–H groups in total. The number of benzene rings is 1. The van der Waals surface area contributed by atoms with Crippen molar-refractivity contribution in [3.8, 4) is 0 Å². The van der Waals surface area contributed by atoms with Crippen LogP contribution in [0, 0.1) is 0 Å². The second kappa shape index (κ2) is 6.27. The number of ether oxygens (including phenoxy) is 2. The van der Waals surface area contributed by atoms with E-state index in [1.165, 1.54) is 0 Å². The molecule has 0 amide bonds. The highest BCUT2D eigenvalue weighted by molar-refractivity contribution is 6.42. The molecule has 2 atom stereocenters. The first-order valence-electron chi connectivity index (χ1n) is 7.44. The number of hydrogen-bond donors (Lipinski definition) is 1. The number of rotatable bonds is 1. The number of carbonyl (C=O) groups excluding carboxylic acids is 2. The molecule has 0 aliphatic carbocycles. The van der Waals surface area contributed by atoms with Crippen molar-refractivity contribution in [2.24, 2.45) is 0 Å². The zero-order valence-electron chi connectivity index (χ0n) is 13.1. The maximum absolute atomic E-state index is 12.0. The summed E-state index contributed by atoms with van der Waals surface area (Å²) in [6.07, 6.45) is 2.10. The smallest absolute Gasteiger partial charge is 0.358 e. The third-order valence-electron chi connectivity index (χ3n) is 3.98. The van der Waals surface area contributed by atoms with Crippen LogP contribution in [0.2, 0.25) is 10.0 Å². The van der Waals surface area contributed by atoms with Gasteiger partial charge in [0.25, 0.3) is 0 Å². The van der Waals surface area contributed by atoms with Crippen LogP contribution in [-0.2, 0) is 19.1 Å². The maximum atomic E-state index is 12.0. The van der Waals surface area contributed by atoms with E-state index in [1.54, 1.807) is 30.0 Å². The first kappa shape index (κ1) is 17.1. The molecule has 2 unspecified atom stereocenters. The van der Waals surface area contributed by atoms with Gasteiger partial charge in [-0.1, -0.05) is 23.2 Å². The molecule has 1 saturated heterocycles. The highest BCUT2D eigenvalue weighted by atomic mass is 35.5. The largest absolute Gasteiger partial charge is 0.399 e. The topological polar surface area (TPSA) is 67.9 Å². The summed E-state index contributed by atoms with van der Waals surface area (Å²) in [5, 5.41) is 4.01. The molecular formula is C16H16Cl2N2O4. The number of hydrogen-bond acceptors (Lipinski definition) is 6. The molecule has 1 aromatic carbocycles. The molecule has 6 nitrogen and oxygen atoms in total. The molecule has 2 aliphatic rings. The number of anilines is 1. The number of nitrogens with one attached hydrogen (secondary N) is 1. The Bertz CT molecular complexity index is 702. The van der Waals surface area contributed by atoms with Gasteiger partial charge in [0, 0.05) is 30.4 Å². The second-order valence-corrected chi connectivity index (χ2v) is 6.62. The van der Waals surface area contributed by atoms with Gasteiger partial charge in [-0.3, -0.25) is 4.90 Å². The SMILES string of the molecule is CC1CN(c2ccc(Cl)c(Cl)c2)C2(OC(=O)C=CC(=O)O2)C(C)N1. The summed E-state index contributed by atoms with van der Waals surface area (Å²) in [5.74, 6) is -2.93. The summed E-state index contributed by atoms with van der Waals surface area (Å²) in [4.78, 5) is 25.7. The van der Waals surface area contributed by atoms with Crippen LogP contribution in [-0.4, -0.2) is 36.5 Å². The van der Waals surface area contributed by atoms with Crippen molar-refractivity contribution in [1.29, 1.82) is 0 Å². The normalized spacial score (nSPS) is 26.1. The van der Waals surface area contributed by atoms with Gasteiger partial charge < -0.3 is 14.8 Å². The van der Waals surface area contributed by atoms with E-state index in [1.807, 2.05) is 6.92 Å². The third-order valence-corrected chi connectivity index (χ3v) is 4.72. The van der Waals surface area contributed by atoms with Gasteiger partial charge in [-0.05, 0) is 32.0 Å². The summed E-state index contributed by atoms with van der Waals surface area (Å²) in [5.41, 5.74) is 0.632. The van der Waals surface area contributed by atoms with Gasteiger partial charge >= 0.3 is 17.8 Å². The predicted octanol–water partition coefficient (Wildman–Crippen LogP) is 2.49. The number of piperazine rings is 1. The van der Waals surface area contributed by atoms with Crippen molar-refractivity contribution in [2.45, 2.75) is 31.8 Å². The van der Waals surface area contributed by atoms with E-state index < -0.39 is 23.9 Å². The lowest BCUT2D eigenvalue weighted by Gasteiger charge is -2.50. The Morgan fingerprint density at radius 2 is 1.75 bits per heavy atom. The van der Waals surface area contributed by atoms with Crippen molar-refractivity contribution < 1.29 is 19.1 Å². The molecule has 2 aliphatic heterocycles. The van der Waals surface area contributed by atoms with E-state index in [0.29, 0.717) is 22.3 Å². The molecule has 1 spiro atoms. The van der Waals surface area contributed by atoms with Crippen LogP contribution < -0.4 is 10.2 Å². The molecule has 0 bridgehead atoms. The van der Waals surface area contributed by atoms with Crippen LogP contribution >= 0.6 is 23.2 Å². The monoisotopic (exact) mass is 370 g/mol. The lowest BCUT2D eigenvalue weighted by molar-refractivity contribution is -0.235. The van der Waals surface area contributed by atoms with Crippen LogP contribution in [0.3, 0.4) is 0 Å². The van der Waals surface area contributed by atoms with E-state index in [0.717, 1.165) is 12.2 Å². The van der Waals surface area contributed by atoms with Gasteiger partial charge in [0.05, 0.1) is 10.0 Å². The van der Waals surface area contributed by atoms with Gasteiger partial charge in [-0.15, -0.1) is 0 Å². The van der Waals surface area contributed by atoms with Crippen LogP contribution in [0.1, 0.15) is 13.8 Å². The van der Waals surface area contributed by atoms with E-state index in [-0.39, 0.29) is 6.04 Å². The fourth-order valence-electron chi connectivity index (χ4n) is 2.96. The molecule has 0 saturated carbocycles. The van der Waals surface area contributed by atoms with Crippen LogP contribution in [0.5, 0.6) is 0 Å². The van der Waals surface area contributed by atoms with E-state index in [9.17, 15) is 9.59 Å². The van der Waals surface area contributed by atoms with Crippen LogP contribution in [0.4, 0.5) is 5.69 Å². The number of nitrogens with zero attached hydrogens (tertiary/aromatic N) is 1. The summed E-state index contributed by atoms with van der Waals surface area (Å²) in [7, 11) is 0. The maximum Gasteiger partial charge on any atom is 0.358 e. The quantitative estimate of drug-likeness (QED) is 0.766. The van der Waals surface area contributed by atoms with Crippen molar-refractivity contribution >= 4 is 40.8 Å². The minimum absolute atomic E-state index is 0.0636. The summed E-state index contributed by atoms with van der Waals surface area (Å²) < 4.78 is 11.1. The Morgan fingerprint density at radius 1 is 1.12 bits per heavy atom. The molecule has 1 fully saturated rings. The van der Waals surface area contributed by atoms with Gasteiger partial charge in [0.1, 0.15) is 6.04 Å². The first-order valence-corrected chi connectivity index (χ1v) is 8.20. The molecule has 8 heteroatoms. The molecule has 0 aromatic heterocycles. The molecule has 2 heterocycles. The lowest BCUT2D eigenvalue weighted by atomic mass is 10.1. The zero-order chi connectivity index (χ0) is 17.5. The number of carbonyl (C=O) groups is 2. The average molecular weight is 371 g/mol. The highest BCUT2D eigenvalue weighted by Gasteiger charge is 2.54. The van der Waals surface area contributed by atoms with Crippen LogP contribution in [0.25, 0.3) is 0 Å². The van der Waals surface area contributed by atoms with Gasteiger partial charge in [-0.25, -0.2) is 9.59 Å². The minimum atomic E-state index is -1.61. The fraction of sp³-hybridized carbons (Fsp3) is 0.375. The van der Waals surface area contributed by atoms with Crippen molar-refractivity contribution in [3.63, 3.8) is 0 Å². The highest BCUT2D eigenvalue weighted by Crippen LogP contribution is 2.37. The fourth-order valence-corrected chi connectivity index (χ4v) is 3.25. The molecule has 128 valence electrons. The predicted molar refractivity (Wildman–Crippen MR) is 89.9 cm³/mol. The Balaban J connectivity index is 2.10. The molecule has 3 rings (SSSR count). The Morgan fingerprint density at radius 3 is 2.33 bits per heavy atom. The number of esters is 2. The average Bonchev–Trinajstić information content (AvgIpc) is 2.66. The third kappa shape index (κ3) is 2.97. The summed E-state index contributed by atoms with van der Waals surface area (Å²) >= 11 is 12.1. The van der Waals surface area contributed by atoms with Crippen LogP contribution in [0.15, 0.2) is 30.4 Å². The van der Waals surface area contributed by atoms with Gasteiger partial charge in [0.15, 0.2) is 0 Å². The standard InChI is InChI=1S/C16H16Cl2N2O4/c1-9-8-20(11-3-4-12(17)13(18)7-11)16(10(2)19-9)23-14(21)5-6-15(22)24-16/h3-7,9-10,19H,8H2,1-2H3. The number of halogens is 2. The first-order chi connectivity index (χ1) is 11.3. The molecule has 1 aromatic rings. The summed E-state index contributed by atoms with van der Waals surface area (Å²) in [6, 6.07) is 4.62. The van der Waals surface area contributed by atoms with Gasteiger partial charge in [0.2, 0.25) is 0 Å². The molecule has 0 radical (unpaired) electrons. The Hall–Kier alpha value is -1.76. The van der Waals surface area contributed by atoms with E-state index >= 15 is 0 Å². The zero-order valence-corrected chi connectivity index (χ0v) is 14.6. The summed E-state index contributed by atoms with van der Waals surface area (Å²) in [6.45, 7) is 4.20. The molecular weight excluding hydrogens is 355 g/mol. The molecule has 24 heavy (non-hydrogen) atoms. The lowest BCUT2D eigenvalue weighted by Crippen LogP contribution is -2.72.